The molecule has 3 atom stereocenters. The number of nitrogens with two attached hydrogens (primary N) is 5. The highest BCUT2D eigenvalue weighted by atomic mass is 16.4. The van der Waals surface area contributed by atoms with Crippen molar-refractivity contribution in [2.45, 2.75) is 56.7 Å². The van der Waals surface area contributed by atoms with Crippen LogP contribution >= 0.6 is 0 Å². The maximum Gasteiger partial charge on any atom is 0.320 e. The topological polar surface area (TPSA) is 279 Å². The molecule has 0 saturated heterocycles. The van der Waals surface area contributed by atoms with Crippen LogP contribution in [0.1, 0.15) is 37.7 Å². The molecule has 1 aromatic rings. The Morgan fingerprint density at radius 3 is 1.61 bits per heavy atom. The summed E-state index contributed by atoms with van der Waals surface area (Å²) in [6.07, 6.45) is 2.56. The van der Waals surface area contributed by atoms with Crippen LogP contribution in [0.25, 0.3) is 0 Å². The van der Waals surface area contributed by atoms with Gasteiger partial charge in [-0.05, 0) is 49.9 Å². The molecular formula is C20H35N5O8. The first-order valence-corrected chi connectivity index (χ1v) is 10.0. The highest BCUT2D eigenvalue weighted by Gasteiger charge is 2.12. The number of aliphatic carboxylic acids is 3. The summed E-state index contributed by atoms with van der Waals surface area (Å²) in [5.41, 5.74) is 26.4. The number of aromatic hydroxyl groups is 1. The van der Waals surface area contributed by atoms with Crippen LogP contribution in [-0.2, 0) is 25.6 Å². The van der Waals surface area contributed by atoms with Crippen molar-refractivity contribution in [3.05, 3.63) is 29.8 Å². The Kier molecular flexibility index (Phi) is 17.7. The van der Waals surface area contributed by atoms with Gasteiger partial charge in [0.1, 0.15) is 23.9 Å². The molecule has 0 heterocycles. The normalized spacial score (nSPS) is 12.6. The Labute approximate surface area is 191 Å². The lowest BCUT2D eigenvalue weighted by molar-refractivity contribution is -0.139. The molecule has 0 aliphatic rings. The molecule has 0 radical (unpaired) electrons. The quantitative estimate of drug-likeness (QED) is 0.157. The van der Waals surface area contributed by atoms with Gasteiger partial charge in [0.15, 0.2) is 0 Å². The van der Waals surface area contributed by atoms with Crippen molar-refractivity contribution in [3.8, 4) is 5.75 Å². The number of carbonyl (C=O) groups excluding carboxylic acids is 1. The minimum absolute atomic E-state index is 0.0213. The Balaban J connectivity index is 0. The minimum Gasteiger partial charge on any atom is -0.508 e. The molecule has 0 unspecified atom stereocenters. The predicted molar refractivity (Wildman–Crippen MR) is 120 cm³/mol. The van der Waals surface area contributed by atoms with Crippen LogP contribution in [0.5, 0.6) is 5.75 Å². The predicted octanol–water partition coefficient (Wildman–Crippen LogP) is -1.46. The van der Waals surface area contributed by atoms with E-state index in [2.05, 4.69) is 0 Å². The van der Waals surface area contributed by atoms with Crippen LogP contribution in [0, 0.1) is 0 Å². The Morgan fingerprint density at radius 2 is 1.21 bits per heavy atom. The van der Waals surface area contributed by atoms with E-state index >= 15 is 0 Å². The van der Waals surface area contributed by atoms with Gasteiger partial charge in [0.2, 0.25) is 5.91 Å². The molecule has 1 rings (SSSR count). The number of unbranched alkanes of at least 4 members (excludes halogenated alkanes) is 1. The number of primary amides is 1. The van der Waals surface area contributed by atoms with Crippen molar-refractivity contribution >= 4 is 23.8 Å². The third-order valence-electron chi connectivity index (χ3n) is 4.01. The number of carboxylic acid groups (broad SMARTS) is 3. The first kappa shape index (κ1) is 31.9. The second-order valence-electron chi connectivity index (χ2n) is 6.99. The second kappa shape index (κ2) is 18.3. The van der Waals surface area contributed by atoms with E-state index in [0.29, 0.717) is 13.0 Å². The number of hydrogen-bond acceptors (Lipinski definition) is 9. The van der Waals surface area contributed by atoms with Crippen LogP contribution < -0.4 is 28.7 Å². The molecule has 188 valence electrons. The molecule has 0 aliphatic heterocycles. The highest BCUT2D eigenvalue weighted by molar-refractivity contribution is 5.77. The zero-order chi connectivity index (χ0) is 26.0. The number of phenols is 1. The number of hydrogen-bond donors (Lipinski definition) is 9. The monoisotopic (exact) mass is 473 g/mol. The highest BCUT2D eigenvalue weighted by Crippen LogP contribution is 2.10. The lowest BCUT2D eigenvalue weighted by Crippen LogP contribution is -2.32. The lowest BCUT2D eigenvalue weighted by atomic mass is 10.1. The fraction of sp³-hybridized carbons (Fsp3) is 0.500. The average Bonchev–Trinajstić information content (AvgIpc) is 2.74. The van der Waals surface area contributed by atoms with Crippen LogP contribution in [0.15, 0.2) is 24.3 Å². The smallest absolute Gasteiger partial charge is 0.320 e. The van der Waals surface area contributed by atoms with Gasteiger partial charge in [-0.2, -0.15) is 0 Å². The molecule has 1 amide bonds. The van der Waals surface area contributed by atoms with Crippen LogP contribution in [-0.4, -0.2) is 68.9 Å². The number of carbonyl (C=O) groups is 4. The molecule has 13 nitrogen and oxygen atoms in total. The SMILES string of the molecule is NC(=O)CC[C@H](N)C(=O)O.NCCCC[C@H](N)C(=O)O.N[C@@H](Cc1ccc(O)cc1)C(=O)O. The lowest BCUT2D eigenvalue weighted by Gasteiger charge is -2.05. The zero-order valence-electron chi connectivity index (χ0n) is 18.3. The van der Waals surface area contributed by atoms with E-state index in [1.807, 2.05) is 0 Å². The molecule has 1 aromatic carbocycles. The van der Waals surface area contributed by atoms with Crippen molar-refractivity contribution in [3.63, 3.8) is 0 Å². The molecule has 0 bridgehead atoms. The summed E-state index contributed by atoms with van der Waals surface area (Å²) in [4.78, 5) is 40.7. The summed E-state index contributed by atoms with van der Waals surface area (Å²) in [6.45, 7) is 0.604. The number of rotatable bonds is 12. The molecule has 0 aliphatic carbocycles. The summed E-state index contributed by atoms with van der Waals surface area (Å²) >= 11 is 0. The number of phenolic OH excluding ortho intramolecular Hbond substituents is 1. The van der Waals surface area contributed by atoms with Crippen molar-refractivity contribution in [1.82, 2.24) is 0 Å². The summed E-state index contributed by atoms with van der Waals surface area (Å²) in [6, 6.07) is 3.73. The largest absolute Gasteiger partial charge is 0.508 e. The van der Waals surface area contributed by atoms with Gasteiger partial charge in [0.25, 0.3) is 0 Å². The first-order chi connectivity index (χ1) is 15.3. The van der Waals surface area contributed by atoms with Gasteiger partial charge in [0, 0.05) is 6.42 Å². The van der Waals surface area contributed by atoms with Gasteiger partial charge in [0.05, 0.1) is 0 Å². The fourth-order valence-corrected chi connectivity index (χ4v) is 2.03. The van der Waals surface area contributed by atoms with Crippen molar-refractivity contribution in [1.29, 1.82) is 0 Å². The van der Waals surface area contributed by atoms with Crippen molar-refractivity contribution in [2.75, 3.05) is 6.54 Å². The van der Waals surface area contributed by atoms with Gasteiger partial charge in [-0.25, -0.2) is 0 Å². The van der Waals surface area contributed by atoms with Gasteiger partial charge in [-0.15, -0.1) is 0 Å². The molecule has 14 N–H and O–H groups in total. The average molecular weight is 474 g/mol. The number of benzene rings is 1. The van der Waals surface area contributed by atoms with E-state index in [4.69, 9.17) is 49.1 Å². The third-order valence-corrected chi connectivity index (χ3v) is 4.01. The summed E-state index contributed by atoms with van der Waals surface area (Å²) in [5, 5.41) is 34.0. The van der Waals surface area contributed by atoms with Crippen LogP contribution in [0.4, 0.5) is 0 Å². The second-order valence-corrected chi connectivity index (χ2v) is 6.99. The molecule has 0 fully saturated rings. The van der Waals surface area contributed by atoms with Crippen molar-refractivity contribution in [2.24, 2.45) is 28.7 Å². The van der Waals surface area contributed by atoms with E-state index in [9.17, 15) is 19.2 Å². The molecular weight excluding hydrogens is 438 g/mol. The Morgan fingerprint density at radius 1 is 0.758 bits per heavy atom. The Hall–Kier alpha value is -3.26. The Bertz CT molecular complexity index is 730. The van der Waals surface area contributed by atoms with E-state index in [-0.39, 0.29) is 25.0 Å². The standard InChI is InChI=1S/C9H11NO3.C6H14N2O2.C5H10N2O3/c10-8(9(12)13)5-6-1-3-7(11)4-2-6;7-4-2-1-3-5(8)6(9)10;6-3(5(9)10)1-2-4(7)8/h1-4,8,11H,5,10H2,(H,12,13);5H,1-4,7-8H2,(H,9,10);3H,1-2,6H2,(H2,7,8)(H,9,10)/t8-;5-;3-/m000/s1. The molecule has 13 heteroatoms. The van der Waals surface area contributed by atoms with E-state index in [1.54, 1.807) is 12.1 Å². The molecule has 0 aromatic heterocycles. The maximum absolute atomic E-state index is 10.4. The first-order valence-electron chi connectivity index (χ1n) is 10.0. The van der Waals surface area contributed by atoms with E-state index in [0.717, 1.165) is 18.4 Å². The van der Waals surface area contributed by atoms with Gasteiger partial charge in [-0.3, -0.25) is 19.2 Å². The fourth-order valence-electron chi connectivity index (χ4n) is 2.03. The molecule has 0 saturated carbocycles. The summed E-state index contributed by atoms with van der Waals surface area (Å²) in [7, 11) is 0. The van der Waals surface area contributed by atoms with E-state index < -0.39 is 41.9 Å². The van der Waals surface area contributed by atoms with Crippen molar-refractivity contribution < 1.29 is 39.6 Å². The van der Waals surface area contributed by atoms with E-state index in [1.165, 1.54) is 12.1 Å². The molecule has 33 heavy (non-hydrogen) atoms. The minimum atomic E-state index is -1.11. The van der Waals surface area contributed by atoms with Crippen LogP contribution in [0.2, 0.25) is 0 Å². The van der Waals surface area contributed by atoms with Gasteiger partial charge < -0.3 is 49.1 Å². The summed E-state index contributed by atoms with van der Waals surface area (Å²) < 4.78 is 0. The maximum atomic E-state index is 10.4. The van der Waals surface area contributed by atoms with Gasteiger partial charge >= 0.3 is 17.9 Å². The molecule has 0 spiro atoms. The summed E-state index contributed by atoms with van der Waals surface area (Å²) in [5.74, 6) is -3.43. The number of carboxylic acids is 3. The van der Waals surface area contributed by atoms with Crippen LogP contribution in [0.3, 0.4) is 0 Å². The number of amides is 1. The zero-order valence-corrected chi connectivity index (χ0v) is 18.3. The van der Waals surface area contributed by atoms with Gasteiger partial charge in [-0.1, -0.05) is 18.6 Å². The third kappa shape index (κ3) is 19.2.